The quantitative estimate of drug-likeness (QED) is 0.723. The highest BCUT2D eigenvalue weighted by atomic mass is 79.9. The molecule has 0 radical (unpaired) electrons. The maximum absolute atomic E-state index is 3.70. The van der Waals surface area contributed by atoms with Crippen LogP contribution in [0.15, 0.2) is 34.3 Å². The Kier molecular flexibility index (Phi) is 3.19. The first kappa shape index (κ1) is 9.44. The van der Waals surface area contributed by atoms with Gasteiger partial charge in [-0.1, -0.05) is 22.0 Å². The van der Waals surface area contributed by atoms with Crippen LogP contribution in [0.25, 0.3) is 0 Å². The molecule has 0 bridgehead atoms. The molecule has 1 unspecified atom stereocenters. The van der Waals surface area contributed by atoms with Crippen molar-refractivity contribution in [3.8, 4) is 0 Å². The van der Waals surface area contributed by atoms with Gasteiger partial charge in [0.25, 0.3) is 0 Å². The van der Waals surface area contributed by atoms with Gasteiger partial charge in [-0.3, -0.25) is 0 Å². The third kappa shape index (κ3) is 2.42. The second-order valence-electron chi connectivity index (χ2n) is 2.82. The Hall–Kier alpha value is -0.120. The lowest BCUT2D eigenvalue weighted by Crippen LogP contribution is -1.90. The topological polar surface area (TPSA) is 0 Å². The Morgan fingerprint density at radius 1 is 1.31 bits per heavy atom. The van der Waals surface area contributed by atoms with Crippen LogP contribution >= 0.6 is 38.6 Å². The zero-order valence-corrected chi connectivity index (χ0v) is 10.2. The number of thiophene rings is 2. The zero-order chi connectivity index (χ0) is 9.10. The van der Waals surface area contributed by atoms with Crippen molar-refractivity contribution in [3.63, 3.8) is 0 Å². The lowest BCUT2D eigenvalue weighted by atomic mass is 10.2. The van der Waals surface area contributed by atoms with Crippen molar-refractivity contribution in [3.05, 3.63) is 44.8 Å². The summed E-state index contributed by atoms with van der Waals surface area (Å²) in [6.45, 7) is 0. The summed E-state index contributed by atoms with van der Waals surface area (Å²) in [6.07, 6.45) is 1.09. The molecule has 2 heterocycles. The van der Waals surface area contributed by atoms with Gasteiger partial charge in [0.15, 0.2) is 0 Å². The molecule has 68 valence electrons. The van der Waals surface area contributed by atoms with E-state index in [9.17, 15) is 0 Å². The summed E-state index contributed by atoms with van der Waals surface area (Å²) in [5.41, 5.74) is 1.42. The van der Waals surface area contributed by atoms with Gasteiger partial charge in [0.05, 0.1) is 4.83 Å². The highest BCUT2D eigenvalue weighted by Gasteiger charge is 2.08. The van der Waals surface area contributed by atoms with Crippen LogP contribution in [0.5, 0.6) is 0 Å². The van der Waals surface area contributed by atoms with Gasteiger partial charge >= 0.3 is 0 Å². The molecule has 1 atom stereocenters. The summed E-state index contributed by atoms with van der Waals surface area (Å²) in [6, 6.07) is 6.46. The van der Waals surface area contributed by atoms with E-state index in [-0.39, 0.29) is 0 Å². The molecule has 0 N–H and O–H groups in total. The maximum atomic E-state index is 3.70. The minimum Gasteiger partial charge on any atom is -0.152 e. The van der Waals surface area contributed by atoms with Gasteiger partial charge in [0.2, 0.25) is 0 Å². The number of alkyl halides is 1. The molecule has 13 heavy (non-hydrogen) atoms. The van der Waals surface area contributed by atoms with Crippen LogP contribution in [-0.4, -0.2) is 0 Å². The van der Waals surface area contributed by atoms with E-state index in [4.69, 9.17) is 0 Å². The number of halogens is 1. The molecule has 0 aliphatic rings. The number of hydrogen-bond acceptors (Lipinski definition) is 2. The van der Waals surface area contributed by atoms with Crippen LogP contribution in [-0.2, 0) is 6.42 Å². The van der Waals surface area contributed by atoms with Gasteiger partial charge in [-0.2, -0.15) is 11.3 Å². The first-order valence-corrected chi connectivity index (χ1v) is 6.78. The summed E-state index contributed by atoms with van der Waals surface area (Å²) >= 11 is 7.27. The Morgan fingerprint density at radius 3 is 2.85 bits per heavy atom. The SMILES string of the molecule is BrC(Cc1ccsc1)c1cccs1. The highest BCUT2D eigenvalue weighted by Crippen LogP contribution is 2.30. The van der Waals surface area contributed by atoms with Gasteiger partial charge in [-0.25, -0.2) is 0 Å². The lowest BCUT2D eigenvalue weighted by molar-refractivity contribution is 0.976. The predicted molar refractivity (Wildman–Crippen MR) is 64.0 cm³/mol. The monoisotopic (exact) mass is 272 g/mol. The summed E-state index contributed by atoms with van der Waals surface area (Å²) in [5.74, 6) is 0. The molecule has 0 amide bonds. The average Bonchev–Trinajstić information content (AvgIpc) is 2.74. The lowest BCUT2D eigenvalue weighted by Gasteiger charge is -2.04. The largest absolute Gasteiger partial charge is 0.152 e. The van der Waals surface area contributed by atoms with E-state index in [2.05, 4.69) is 50.3 Å². The summed E-state index contributed by atoms with van der Waals surface area (Å²) in [4.78, 5) is 1.88. The van der Waals surface area contributed by atoms with E-state index >= 15 is 0 Å². The van der Waals surface area contributed by atoms with Crippen molar-refractivity contribution in [2.45, 2.75) is 11.2 Å². The summed E-state index contributed by atoms with van der Waals surface area (Å²) in [7, 11) is 0. The Labute approximate surface area is 94.4 Å². The zero-order valence-electron chi connectivity index (χ0n) is 6.94. The van der Waals surface area contributed by atoms with Crippen LogP contribution in [0.3, 0.4) is 0 Å². The fraction of sp³-hybridized carbons (Fsp3) is 0.200. The first-order chi connectivity index (χ1) is 6.36. The molecule has 0 spiro atoms. The van der Waals surface area contributed by atoms with Gasteiger partial charge in [0, 0.05) is 4.88 Å². The van der Waals surface area contributed by atoms with Crippen LogP contribution in [0.4, 0.5) is 0 Å². The first-order valence-electron chi connectivity index (χ1n) is 4.05. The van der Waals surface area contributed by atoms with Crippen molar-refractivity contribution in [1.29, 1.82) is 0 Å². The average molecular weight is 273 g/mol. The van der Waals surface area contributed by atoms with Crippen LogP contribution in [0, 0.1) is 0 Å². The van der Waals surface area contributed by atoms with Crippen molar-refractivity contribution in [1.82, 2.24) is 0 Å². The van der Waals surface area contributed by atoms with E-state index in [0.717, 1.165) is 6.42 Å². The molecular formula is C10H9BrS2. The van der Waals surface area contributed by atoms with E-state index in [1.54, 1.807) is 11.3 Å². The molecule has 0 saturated heterocycles. The summed E-state index contributed by atoms with van der Waals surface area (Å²) in [5, 5.41) is 6.46. The fourth-order valence-electron chi connectivity index (χ4n) is 1.19. The van der Waals surface area contributed by atoms with Gasteiger partial charge in [-0.15, -0.1) is 11.3 Å². The van der Waals surface area contributed by atoms with E-state index in [1.165, 1.54) is 10.4 Å². The van der Waals surface area contributed by atoms with Crippen molar-refractivity contribution in [2.24, 2.45) is 0 Å². The van der Waals surface area contributed by atoms with E-state index in [0.29, 0.717) is 4.83 Å². The number of rotatable bonds is 3. The smallest absolute Gasteiger partial charge is 0.0529 e. The molecular weight excluding hydrogens is 264 g/mol. The molecule has 0 fully saturated rings. The molecule has 0 aliphatic heterocycles. The second kappa shape index (κ2) is 4.40. The van der Waals surface area contributed by atoms with Crippen LogP contribution in [0.2, 0.25) is 0 Å². The second-order valence-corrected chi connectivity index (χ2v) is 5.68. The third-order valence-electron chi connectivity index (χ3n) is 1.85. The Balaban J connectivity index is 2.04. The molecule has 0 saturated carbocycles. The molecule has 0 aliphatic carbocycles. The standard InChI is InChI=1S/C10H9BrS2/c11-9(10-2-1-4-13-10)6-8-3-5-12-7-8/h1-5,7,9H,6H2. The third-order valence-corrected chi connectivity index (χ3v) is 4.68. The Bertz CT molecular complexity index is 337. The fourth-order valence-corrected chi connectivity index (χ4v) is 3.42. The molecule has 3 heteroatoms. The van der Waals surface area contributed by atoms with Crippen molar-refractivity contribution < 1.29 is 0 Å². The predicted octanol–water partition coefficient (Wildman–Crippen LogP) is 4.49. The van der Waals surface area contributed by atoms with Gasteiger partial charge < -0.3 is 0 Å². The minimum absolute atomic E-state index is 0.474. The van der Waals surface area contributed by atoms with Crippen LogP contribution in [0.1, 0.15) is 15.3 Å². The van der Waals surface area contributed by atoms with E-state index in [1.807, 2.05) is 11.3 Å². The van der Waals surface area contributed by atoms with Gasteiger partial charge in [-0.05, 0) is 40.3 Å². The normalized spacial score (nSPS) is 13.0. The molecule has 2 aromatic heterocycles. The maximum Gasteiger partial charge on any atom is 0.0529 e. The molecule has 2 rings (SSSR count). The Morgan fingerprint density at radius 2 is 2.23 bits per heavy atom. The molecule has 2 aromatic rings. The van der Waals surface area contributed by atoms with Crippen LogP contribution < -0.4 is 0 Å². The van der Waals surface area contributed by atoms with Crippen molar-refractivity contribution in [2.75, 3.05) is 0 Å². The minimum atomic E-state index is 0.474. The highest BCUT2D eigenvalue weighted by molar-refractivity contribution is 9.09. The summed E-state index contributed by atoms with van der Waals surface area (Å²) < 4.78 is 0. The van der Waals surface area contributed by atoms with Gasteiger partial charge in [0.1, 0.15) is 0 Å². The number of hydrogen-bond donors (Lipinski definition) is 0. The molecule has 0 nitrogen and oxygen atoms in total. The molecule has 0 aromatic carbocycles. The van der Waals surface area contributed by atoms with Crippen molar-refractivity contribution >= 4 is 38.6 Å². The van der Waals surface area contributed by atoms with E-state index < -0.39 is 0 Å².